The first-order chi connectivity index (χ1) is 8.38. The van der Waals surface area contributed by atoms with E-state index in [1.165, 1.54) is 0 Å². The van der Waals surface area contributed by atoms with Gasteiger partial charge in [-0.2, -0.15) is 0 Å². The Morgan fingerprint density at radius 3 is 2.61 bits per heavy atom. The molecule has 0 spiro atoms. The zero-order valence-electron chi connectivity index (χ0n) is 10.0. The molecular weight excluding hydrogens is 276 g/mol. The van der Waals surface area contributed by atoms with E-state index in [0.29, 0.717) is 0 Å². The van der Waals surface area contributed by atoms with E-state index in [2.05, 4.69) is 20.2 Å². The molecule has 0 aliphatic heterocycles. The molecule has 1 fully saturated rings. The molecule has 2 rings (SSSR count). The smallest absolute Gasteiger partial charge is 0.270 e. The maximum Gasteiger partial charge on any atom is 0.270 e. The van der Waals surface area contributed by atoms with Crippen molar-refractivity contribution in [2.24, 2.45) is 5.92 Å². The summed E-state index contributed by atoms with van der Waals surface area (Å²) in [7, 11) is -3.59. The third kappa shape index (κ3) is 3.24. The van der Waals surface area contributed by atoms with Crippen molar-refractivity contribution >= 4 is 32.4 Å². The van der Waals surface area contributed by atoms with Gasteiger partial charge < -0.3 is 5.32 Å². The second kappa shape index (κ2) is 4.90. The van der Waals surface area contributed by atoms with Crippen LogP contribution in [-0.4, -0.2) is 30.6 Å². The minimum Gasteiger partial charge on any atom is -0.300 e. The van der Waals surface area contributed by atoms with Gasteiger partial charge in [-0.15, -0.1) is 10.2 Å². The Balaban J connectivity index is 2.07. The normalized spacial score (nSPS) is 15.9. The van der Waals surface area contributed by atoms with Crippen molar-refractivity contribution in [1.82, 2.24) is 14.9 Å². The Morgan fingerprint density at radius 1 is 1.39 bits per heavy atom. The first-order valence-electron chi connectivity index (χ1n) is 5.55. The number of hydrogen-bond donors (Lipinski definition) is 2. The van der Waals surface area contributed by atoms with Crippen LogP contribution < -0.4 is 10.0 Å². The van der Waals surface area contributed by atoms with Crippen LogP contribution >= 0.6 is 11.3 Å². The van der Waals surface area contributed by atoms with Gasteiger partial charge >= 0.3 is 0 Å². The highest BCUT2D eigenvalue weighted by atomic mass is 32.2. The summed E-state index contributed by atoms with van der Waals surface area (Å²) in [5.41, 5.74) is 0. The van der Waals surface area contributed by atoms with Gasteiger partial charge in [0.1, 0.15) is 0 Å². The number of nitrogens with one attached hydrogen (secondary N) is 2. The molecule has 1 aromatic heterocycles. The molecule has 1 aromatic rings. The van der Waals surface area contributed by atoms with E-state index in [1.54, 1.807) is 13.8 Å². The van der Waals surface area contributed by atoms with Crippen LogP contribution in [0.3, 0.4) is 0 Å². The second-order valence-corrected chi connectivity index (χ2v) is 7.28. The lowest BCUT2D eigenvalue weighted by molar-refractivity contribution is -0.118. The molecule has 0 unspecified atom stereocenters. The van der Waals surface area contributed by atoms with Crippen molar-refractivity contribution in [3.63, 3.8) is 0 Å². The van der Waals surface area contributed by atoms with E-state index < -0.39 is 10.0 Å². The molecule has 1 saturated carbocycles. The van der Waals surface area contributed by atoms with Gasteiger partial charge in [0, 0.05) is 12.0 Å². The molecule has 7 nitrogen and oxygen atoms in total. The molecule has 1 amide bonds. The fourth-order valence-corrected chi connectivity index (χ4v) is 3.31. The first kappa shape index (κ1) is 13.4. The quantitative estimate of drug-likeness (QED) is 0.772. The van der Waals surface area contributed by atoms with Crippen LogP contribution in [0.2, 0.25) is 0 Å². The number of aromatic nitrogens is 2. The summed E-state index contributed by atoms with van der Waals surface area (Å²) in [5, 5.41) is 9.95. The lowest BCUT2D eigenvalue weighted by atomic mass is 10.2. The van der Waals surface area contributed by atoms with Crippen molar-refractivity contribution < 1.29 is 13.2 Å². The molecule has 18 heavy (non-hydrogen) atoms. The van der Waals surface area contributed by atoms with Gasteiger partial charge in [-0.25, -0.2) is 13.1 Å². The van der Waals surface area contributed by atoms with Gasteiger partial charge in [-0.05, 0) is 12.8 Å². The highest BCUT2D eigenvalue weighted by Gasteiger charge is 2.30. The Labute approximate surface area is 109 Å². The minimum absolute atomic E-state index is 0.0209. The number of nitrogens with zero attached hydrogens (tertiary/aromatic N) is 2. The van der Waals surface area contributed by atoms with Crippen LogP contribution in [0.25, 0.3) is 0 Å². The molecule has 0 radical (unpaired) electrons. The standard InChI is InChI=1S/C9H14N4O3S2/c1-5(2)7(14)10-8-11-12-9(17-8)18(15,16)13-6-3-4-6/h5-6,13H,3-4H2,1-2H3,(H,10,11,14). The fourth-order valence-electron chi connectivity index (χ4n) is 1.09. The van der Waals surface area contributed by atoms with Crippen LogP contribution in [-0.2, 0) is 14.8 Å². The SMILES string of the molecule is CC(C)C(=O)Nc1nnc(S(=O)(=O)NC2CC2)s1. The maximum atomic E-state index is 11.8. The van der Waals surface area contributed by atoms with Crippen molar-refractivity contribution in [3.8, 4) is 0 Å². The van der Waals surface area contributed by atoms with E-state index in [4.69, 9.17) is 0 Å². The van der Waals surface area contributed by atoms with Crippen molar-refractivity contribution in [1.29, 1.82) is 0 Å². The minimum atomic E-state index is -3.59. The van der Waals surface area contributed by atoms with Gasteiger partial charge in [-0.3, -0.25) is 4.79 Å². The molecule has 1 heterocycles. The van der Waals surface area contributed by atoms with Gasteiger partial charge in [0.05, 0.1) is 0 Å². The van der Waals surface area contributed by atoms with Crippen LogP contribution in [0.5, 0.6) is 0 Å². The predicted molar refractivity (Wildman–Crippen MR) is 66.7 cm³/mol. The molecule has 1 aliphatic carbocycles. The summed E-state index contributed by atoms with van der Waals surface area (Å²) >= 11 is 0.851. The van der Waals surface area contributed by atoms with Crippen LogP contribution in [0.1, 0.15) is 26.7 Å². The summed E-state index contributed by atoms with van der Waals surface area (Å²) in [6.07, 6.45) is 1.71. The Morgan fingerprint density at radius 2 is 2.06 bits per heavy atom. The number of anilines is 1. The molecule has 9 heteroatoms. The van der Waals surface area contributed by atoms with Crippen molar-refractivity contribution in [3.05, 3.63) is 0 Å². The van der Waals surface area contributed by atoms with Crippen LogP contribution in [0.15, 0.2) is 4.34 Å². The second-order valence-electron chi connectivity index (χ2n) is 4.41. The van der Waals surface area contributed by atoms with E-state index in [9.17, 15) is 13.2 Å². The monoisotopic (exact) mass is 290 g/mol. The number of rotatable bonds is 5. The summed E-state index contributed by atoms with van der Waals surface area (Å²) in [6.45, 7) is 3.48. The van der Waals surface area contributed by atoms with E-state index >= 15 is 0 Å². The molecule has 0 atom stereocenters. The Bertz CT molecular complexity index is 548. The highest BCUT2D eigenvalue weighted by molar-refractivity contribution is 7.91. The molecule has 0 bridgehead atoms. The number of amides is 1. The van der Waals surface area contributed by atoms with Gasteiger partial charge in [0.15, 0.2) is 0 Å². The summed E-state index contributed by atoms with van der Waals surface area (Å²) in [6, 6.07) is 0.0209. The van der Waals surface area contributed by atoms with Gasteiger partial charge in [0.25, 0.3) is 10.0 Å². The lowest BCUT2D eigenvalue weighted by Crippen LogP contribution is -2.25. The van der Waals surface area contributed by atoms with Crippen LogP contribution in [0.4, 0.5) is 5.13 Å². The zero-order chi connectivity index (χ0) is 13.3. The molecule has 1 aliphatic rings. The Hall–Kier alpha value is -1.06. The Kier molecular flexibility index (Phi) is 3.64. The zero-order valence-corrected chi connectivity index (χ0v) is 11.6. The third-order valence-electron chi connectivity index (χ3n) is 2.29. The molecular formula is C9H14N4O3S2. The van der Waals surface area contributed by atoms with Crippen molar-refractivity contribution in [2.45, 2.75) is 37.1 Å². The topological polar surface area (TPSA) is 101 Å². The summed E-state index contributed by atoms with van der Waals surface area (Å²) in [4.78, 5) is 11.4. The number of hydrogen-bond acceptors (Lipinski definition) is 6. The first-order valence-corrected chi connectivity index (χ1v) is 7.85. The average Bonchev–Trinajstić information content (AvgIpc) is 2.93. The van der Waals surface area contributed by atoms with E-state index in [1.807, 2.05) is 0 Å². The molecule has 2 N–H and O–H groups in total. The summed E-state index contributed by atoms with van der Waals surface area (Å²) in [5.74, 6) is -0.413. The average molecular weight is 290 g/mol. The van der Waals surface area contributed by atoms with Crippen molar-refractivity contribution in [2.75, 3.05) is 5.32 Å². The largest absolute Gasteiger partial charge is 0.300 e. The van der Waals surface area contributed by atoms with E-state index in [-0.39, 0.29) is 27.3 Å². The maximum absolute atomic E-state index is 11.8. The van der Waals surface area contributed by atoms with Gasteiger partial charge in [-0.1, -0.05) is 25.2 Å². The molecule has 100 valence electrons. The predicted octanol–water partition coefficient (Wildman–Crippen LogP) is 0.573. The number of carbonyl (C=O) groups is 1. The molecule has 0 saturated heterocycles. The number of sulfonamides is 1. The summed E-state index contributed by atoms with van der Waals surface area (Å²) < 4.78 is 26.0. The third-order valence-corrected chi connectivity index (χ3v) is 5.02. The fraction of sp³-hybridized carbons (Fsp3) is 0.667. The van der Waals surface area contributed by atoms with E-state index in [0.717, 1.165) is 24.2 Å². The number of carbonyl (C=O) groups excluding carboxylic acids is 1. The highest BCUT2D eigenvalue weighted by Crippen LogP contribution is 2.25. The molecule has 0 aromatic carbocycles. The van der Waals surface area contributed by atoms with Gasteiger partial charge in [0.2, 0.25) is 15.4 Å². The lowest BCUT2D eigenvalue weighted by Gasteiger charge is -2.02. The van der Waals surface area contributed by atoms with Crippen LogP contribution in [0, 0.1) is 5.92 Å².